The van der Waals surface area contributed by atoms with Crippen molar-refractivity contribution < 1.29 is 18.0 Å². The number of hydrogen-bond acceptors (Lipinski definition) is 4. The van der Waals surface area contributed by atoms with Gasteiger partial charge in [-0.3, -0.25) is 9.59 Å². The van der Waals surface area contributed by atoms with Gasteiger partial charge in [0.25, 0.3) is 5.91 Å². The first kappa shape index (κ1) is 23.2. The van der Waals surface area contributed by atoms with Gasteiger partial charge in [0.1, 0.15) is 5.75 Å². The second-order valence-corrected chi connectivity index (χ2v) is 9.82. The SMILES string of the molecule is Cc1ccc(NC(=O)CS(=O)(=O)Cc2cccc(C(=O)NC(C)c3ccccc3)c2)cc1. The molecule has 0 bridgehead atoms. The van der Waals surface area contributed by atoms with Crippen LogP contribution < -0.4 is 10.6 Å². The Kier molecular flexibility index (Phi) is 7.43. The summed E-state index contributed by atoms with van der Waals surface area (Å²) in [7, 11) is -3.71. The molecule has 0 radical (unpaired) electrons. The third-order valence-corrected chi connectivity index (χ3v) is 6.38. The lowest BCUT2D eigenvalue weighted by atomic mass is 10.1. The Morgan fingerprint density at radius 3 is 2.28 bits per heavy atom. The Hall–Kier alpha value is -3.45. The number of benzene rings is 3. The lowest BCUT2D eigenvalue weighted by Gasteiger charge is -2.14. The highest BCUT2D eigenvalue weighted by molar-refractivity contribution is 7.91. The molecule has 1 unspecified atom stereocenters. The Morgan fingerprint density at radius 2 is 1.59 bits per heavy atom. The first-order chi connectivity index (χ1) is 15.2. The minimum atomic E-state index is -3.71. The maximum Gasteiger partial charge on any atom is 0.251 e. The molecule has 1 atom stereocenters. The third-order valence-electron chi connectivity index (χ3n) is 4.91. The van der Waals surface area contributed by atoms with Crippen LogP contribution in [0.25, 0.3) is 0 Å². The lowest BCUT2D eigenvalue weighted by molar-refractivity contribution is -0.113. The molecule has 3 aromatic rings. The minimum Gasteiger partial charge on any atom is -0.346 e. The molecule has 0 spiro atoms. The number of anilines is 1. The monoisotopic (exact) mass is 450 g/mol. The topological polar surface area (TPSA) is 92.3 Å². The van der Waals surface area contributed by atoms with E-state index in [4.69, 9.17) is 0 Å². The number of rotatable bonds is 8. The molecule has 0 heterocycles. The number of carbonyl (C=O) groups is 2. The summed E-state index contributed by atoms with van der Waals surface area (Å²) in [5.74, 6) is -1.86. The van der Waals surface area contributed by atoms with E-state index >= 15 is 0 Å². The van der Waals surface area contributed by atoms with Gasteiger partial charge in [-0.1, -0.05) is 60.2 Å². The Balaban J connectivity index is 1.61. The predicted molar refractivity (Wildman–Crippen MR) is 126 cm³/mol. The van der Waals surface area contributed by atoms with Crippen LogP contribution in [0.15, 0.2) is 78.9 Å². The number of hydrogen-bond donors (Lipinski definition) is 2. The summed E-state index contributed by atoms with van der Waals surface area (Å²) >= 11 is 0. The summed E-state index contributed by atoms with van der Waals surface area (Å²) in [6.07, 6.45) is 0. The van der Waals surface area contributed by atoms with E-state index in [9.17, 15) is 18.0 Å². The van der Waals surface area contributed by atoms with E-state index in [0.29, 0.717) is 16.8 Å². The van der Waals surface area contributed by atoms with Crippen LogP contribution in [-0.4, -0.2) is 26.0 Å². The van der Waals surface area contributed by atoms with Crippen LogP contribution in [0.3, 0.4) is 0 Å². The minimum absolute atomic E-state index is 0.193. The van der Waals surface area contributed by atoms with Gasteiger partial charge in [0.15, 0.2) is 9.84 Å². The molecule has 32 heavy (non-hydrogen) atoms. The molecule has 6 nitrogen and oxygen atoms in total. The van der Waals surface area contributed by atoms with E-state index in [1.165, 1.54) is 0 Å². The van der Waals surface area contributed by atoms with E-state index in [1.54, 1.807) is 36.4 Å². The average Bonchev–Trinajstić information content (AvgIpc) is 2.75. The van der Waals surface area contributed by atoms with Gasteiger partial charge in [0.2, 0.25) is 5.91 Å². The maximum absolute atomic E-state index is 12.6. The van der Waals surface area contributed by atoms with Gasteiger partial charge in [-0.25, -0.2) is 8.42 Å². The van der Waals surface area contributed by atoms with Gasteiger partial charge >= 0.3 is 0 Å². The van der Waals surface area contributed by atoms with Crippen molar-refractivity contribution in [3.8, 4) is 0 Å². The Morgan fingerprint density at radius 1 is 0.906 bits per heavy atom. The highest BCUT2D eigenvalue weighted by atomic mass is 32.2. The average molecular weight is 451 g/mol. The van der Waals surface area contributed by atoms with Crippen LogP contribution in [0, 0.1) is 6.92 Å². The van der Waals surface area contributed by atoms with Gasteiger partial charge in [0.05, 0.1) is 11.8 Å². The molecule has 0 fully saturated rings. The highest BCUT2D eigenvalue weighted by Crippen LogP contribution is 2.15. The fourth-order valence-corrected chi connectivity index (χ4v) is 4.51. The van der Waals surface area contributed by atoms with Gasteiger partial charge in [-0.15, -0.1) is 0 Å². The van der Waals surface area contributed by atoms with Gasteiger partial charge in [-0.2, -0.15) is 0 Å². The van der Waals surface area contributed by atoms with Crippen molar-refractivity contribution in [1.82, 2.24) is 5.32 Å². The molecule has 166 valence electrons. The number of nitrogens with one attached hydrogen (secondary N) is 2. The van der Waals surface area contributed by atoms with Crippen LogP contribution in [0.1, 0.15) is 40.0 Å². The smallest absolute Gasteiger partial charge is 0.251 e. The van der Waals surface area contributed by atoms with Crippen molar-refractivity contribution in [3.63, 3.8) is 0 Å². The van der Waals surface area contributed by atoms with Crippen molar-refractivity contribution >= 4 is 27.3 Å². The van der Waals surface area contributed by atoms with Crippen molar-refractivity contribution in [1.29, 1.82) is 0 Å². The fraction of sp³-hybridized carbons (Fsp3) is 0.200. The molecular weight excluding hydrogens is 424 g/mol. The van der Waals surface area contributed by atoms with E-state index in [0.717, 1.165) is 11.1 Å². The zero-order valence-corrected chi connectivity index (χ0v) is 18.9. The molecule has 0 aliphatic heterocycles. The number of sulfone groups is 1. The summed E-state index contributed by atoms with van der Waals surface area (Å²) < 4.78 is 25.1. The van der Waals surface area contributed by atoms with E-state index in [1.807, 2.05) is 56.3 Å². The molecule has 0 aliphatic rings. The molecule has 2 N–H and O–H groups in total. The molecule has 7 heteroatoms. The lowest BCUT2D eigenvalue weighted by Crippen LogP contribution is -2.27. The van der Waals surface area contributed by atoms with Crippen molar-refractivity contribution in [3.05, 3.63) is 101 Å². The molecule has 3 rings (SSSR count). The van der Waals surface area contributed by atoms with Crippen LogP contribution in [-0.2, 0) is 20.4 Å². The number of carbonyl (C=O) groups excluding carboxylic acids is 2. The van der Waals surface area contributed by atoms with Crippen LogP contribution in [0.4, 0.5) is 5.69 Å². The number of amides is 2. The Bertz CT molecular complexity index is 1190. The molecule has 2 amide bonds. The third kappa shape index (κ3) is 6.78. The summed E-state index contributed by atoms with van der Waals surface area (Å²) in [5, 5.41) is 5.51. The van der Waals surface area contributed by atoms with E-state index < -0.39 is 21.5 Å². The second kappa shape index (κ2) is 10.2. The molecule has 0 saturated heterocycles. The molecule has 0 aliphatic carbocycles. The van der Waals surface area contributed by atoms with E-state index in [2.05, 4.69) is 10.6 Å². The van der Waals surface area contributed by atoms with E-state index in [-0.39, 0.29) is 17.7 Å². The van der Waals surface area contributed by atoms with Gasteiger partial charge < -0.3 is 10.6 Å². The number of aryl methyl sites for hydroxylation is 1. The molecule has 3 aromatic carbocycles. The van der Waals surface area contributed by atoms with Crippen LogP contribution >= 0.6 is 0 Å². The highest BCUT2D eigenvalue weighted by Gasteiger charge is 2.19. The zero-order valence-electron chi connectivity index (χ0n) is 18.0. The molecule has 0 aromatic heterocycles. The van der Waals surface area contributed by atoms with Gasteiger partial charge in [0, 0.05) is 11.3 Å². The van der Waals surface area contributed by atoms with Crippen LogP contribution in [0.5, 0.6) is 0 Å². The quantitative estimate of drug-likeness (QED) is 0.542. The van der Waals surface area contributed by atoms with Crippen molar-refractivity contribution in [2.24, 2.45) is 0 Å². The first-order valence-corrected chi connectivity index (χ1v) is 12.1. The first-order valence-electron chi connectivity index (χ1n) is 10.2. The van der Waals surface area contributed by atoms with Crippen LogP contribution in [0.2, 0.25) is 0 Å². The maximum atomic E-state index is 12.6. The Labute approximate surface area is 188 Å². The second-order valence-electron chi connectivity index (χ2n) is 7.75. The van der Waals surface area contributed by atoms with Crippen molar-refractivity contribution in [2.45, 2.75) is 25.6 Å². The summed E-state index contributed by atoms with van der Waals surface area (Å²) in [6, 6.07) is 22.9. The zero-order chi connectivity index (χ0) is 23.1. The largest absolute Gasteiger partial charge is 0.346 e. The standard InChI is InChI=1S/C25H26N2O4S/c1-18-11-13-23(14-12-18)27-24(28)17-32(30,31)16-20-7-6-10-22(15-20)25(29)26-19(2)21-8-4-3-5-9-21/h3-15,19H,16-17H2,1-2H3,(H,26,29)(H,27,28). The molecule has 0 saturated carbocycles. The fourth-order valence-electron chi connectivity index (χ4n) is 3.25. The molecular formula is C25H26N2O4S. The summed E-state index contributed by atoms with van der Waals surface area (Å²) in [5.41, 5.74) is 3.37. The van der Waals surface area contributed by atoms with Gasteiger partial charge in [-0.05, 0) is 49.2 Å². The summed E-state index contributed by atoms with van der Waals surface area (Å²) in [4.78, 5) is 24.8. The normalized spacial score (nSPS) is 12.1. The van der Waals surface area contributed by atoms with Crippen molar-refractivity contribution in [2.75, 3.05) is 11.1 Å². The predicted octanol–water partition coefficient (Wildman–Crippen LogP) is 4.04. The summed E-state index contributed by atoms with van der Waals surface area (Å²) in [6.45, 7) is 3.81.